The lowest BCUT2D eigenvalue weighted by Crippen LogP contribution is -2.56. The Kier molecular flexibility index (Phi) is 8.60. The highest BCUT2D eigenvalue weighted by atomic mass is 32.2. The van der Waals surface area contributed by atoms with Gasteiger partial charge in [0.25, 0.3) is 0 Å². The van der Waals surface area contributed by atoms with Crippen molar-refractivity contribution in [1.82, 2.24) is 15.5 Å². The predicted octanol–water partition coefficient (Wildman–Crippen LogP) is 1.21. The molecule has 0 bridgehead atoms. The van der Waals surface area contributed by atoms with Crippen molar-refractivity contribution >= 4 is 23.6 Å². The first-order valence-electron chi connectivity index (χ1n) is 9.59. The van der Waals surface area contributed by atoms with Crippen molar-refractivity contribution in [1.29, 1.82) is 0 Å². The number of rotatable bonds is 9. The monoisotopic (exact) mass is 392 g/mol. The largest absolute Gasteiger partial charge is 0.343 e. The van der Waals surface area contributed by atoms with E-state index in [0.717, 1.165) is 25.3 Å². The summed E-state index contributed by atoms with van der Waals surface area (Å²) in [7, 11) is 0. The number of hydrogen-bond acceptors (Lipinski definition) is 5. The van der Waals surface area contributed by atoms with Gasteiger partial charge >= 0.3 is 0 Å². The number of nitrogens with two attached hydrogens (primary N) is 1. The van der Waals surface area contributed by atoms with Crippen LogP contribution < -0.4 is 16.4 Å². The molecule has 4 N–H and O–H groups in total. The van der Waals surface area contributed by atoms with E-state index >= 15 is 0 Å². The van der Waals surface area contributed by atoms with Crippen LogP contribution in [0.3, 0.4) is 0 Å². The molecule has 2 rings (SSSR count). The van der Waals surface area contributed by atoms with E-state index in [2.05, 4.69) is 22.8 Å². The van der Waals surface area contributed by atoms with E-state index < -0.39 is 12.1 Å². The van der Waals surface area contributed by atoms with Crippen LogP contribution in [-0.4, -0.2) is 59.6 Å². The molecule has 2 amide bonds. The average molecular weight is 393 g/mol. The molecule has 27 heavy (non-hydrogen) atoms. The maximum atomic E-state index is 13.0. The maximum absolute atomic E-state index is 13.0. The van der Waals surface area contributed by atoms with E-state index in [1.807, 2.05) is 36.9 Å². The number of carbonyl (C=O) groups is 2. The van der Waals surface area contributed by atoms with Crippen LogP contribution in [0, 0.1) is 5.92 Å². The van der Waals surface area contributed by atoms with Gasteiger partial charge in [-0.3, -0.25) is 9.59 Å². The highest BCUT2D eigenvalue weighted by molar-refractivity contribution is 7.99. The van der Waals surface area contributed by atoms with Crippen LogP contribution in [0.25, 0.3) is 0 Å². The molecule has 1 aromatic carbocycles. The third-order valence-corrected chi connectivity index (χ3v) is 5.80. The van der Waals surface area contributed by atoms with Crippen molar-refractivity contribution in [2.75, 3.05) is 24.7 Å². The molecular formula is C20H32N4O2S. The highest BCUT2D eigenvalue weighted by Crippen LogP contribution is 2.22. The normalized spacial score (nSPS) is 19.1. The van der Waals surface area contributed by atoms with Gasteiger partial charge in [0, 0.05) is 12.3 Å². The summed E-state index contributed by atoms with van der Waals surface area (Å²) in [6, 6.07) is 9.35. The molecule has 1 saturated heterocycles. The SMILES string of the molecule is CC(C)[C@H](NC(=O)[C@H](C)N)C(=O)N1CSC[C@H]1CNCCc1ccccc1. The summed E-state index contributed by atoms with van der Waals surface area (Å²) < 4.78 is 0. The van der Waals surface area contributed by atoms with E-state index in [0.29, 0.717) is 5.88 Å². The Balaban J connectivity index is 1.87. The highest BCUT2D eigenvalue weighted by Gasteiger charge is 2.35. The van der Waals surface area contributed by atoms with Crippen molar-refractivity contribution in [3.05, 3.63) is 35.9 Å². The number of hydrogen-bond donors (Lipinski definition) is 3. The summed E-state index contributed by atoms with van der Waals surface area (Å²) in [6.45, 7) is 7.16. The van der Waals surface area contributed by atoms with Gasteiger partial charge in [-0.2, -0.15) is 0 Å². The van der Waals surface area contributed by atoms with Crippen molar-refractivity contribution in [3.8, 4) is 0 Å². The summed E-state index contributed by atoms with van der Waals surface area (Å²) in [5.41, 5.74) is 6.95. The van der Waals surface area contributed by atoms with Gasteiger partial charge in [-0.1, -0.05) is 44.2 Å². The fourth-order valence-corrected chi connectivity index (χ4v) is 4.23. The van der Waals surface area contributed by atoms with Crippen LogP contribution >= 0.6 is 11.8 Å². The minimum atomic E-state index is -0.623. The van der Waals surface area contributed by atoms with Crippen LogP contribution in [0.4, 0.5) is 0 Å². The molecule has 1 aromatic rings. The van der Waals surface area contributed by atoms with E-state index in [9.17, 15) is 9.59 Å². The van der Waals surface area contributed by atoms with Gasteiger partial charge in [-0.15, -0.1) is 11.8 Å². The summed E-state index contributed by atoms with van der Waals surface area (Å²) >= 11 is 1.76. The molecule has 0 aromatic heterocycles. The molecule has 6 nitrogen and oxygen atoms in total. The summed E-state index contributed by atoms with van der Waals surface area (Å²) in [5, 5.41) is 6.29. The molecule has 1 heterocycles. The molecule has 0 saturated carbocycles. The van der Waals surface area contributed by atoms with E-state index in [-0.39, 0.29) is 23.8 Å². The maximum Gasteiger partial charge on any atom is 0.246 e. The van der Waals surface area contributed by atoms with Gasteiger partial charge in [0.05, 0.1) is 18.0 Å². The molecule has 3 atom stereocenters. The molecule has 150 valence electrons. The number of carbonyl (C=O) groups excluding carboxylic acids is 2. The van der Waals surface area contributed by atoms with Crippen LogP contribution in [0.15, 0.2) is 30.3 Å². The fraction of sp³-hybridized carbons (Fsp3) is 0.600. The molecule has 7 heteroatoms. The Morgan fingerprint density at radius 3 is 2.59 bits per heavy atom. The smallest absolute Gasteiger partial charge is 0.246 e. The molecule has 0 radical (unpaired) electrons. The Bertz CT molecular complexity index is 609. The Morgan fingerprint density at radius 1 is 1.26 bits per heavy atom. The fourth-order valence-electron chi connectivity index (χ4n) is 3.02. The minimum absolute atomic E-state index is 0.0116. The Labute approximate surface area is 166 Å². The van der Waals surface area contributed by atoms with Crippen molar-refractivity contribution in [2.24, 2.45) is 11.7 Å². The van der Waals surface area contributed by atoms with Crippen molar-refractivity contribution in [2.45, 2.75) is 45.3 Å². The van der Waals surface area contributed by atoms with Crippen molar-refractivity contribution < 1.29 is 9.59 Å². The third-order valence-electron chi connectivity index (χ3n) is 4.72. The number of nitrogens with zero attached hydrogens (tertiary/aromatic N) is 1. The second-order valence-corrected chi connectivity index (χ2v) is 8.42. The Hall–Kier alpha value is -1.57. The summed E-state index contributed by atoms with van der Waals surface area (Å²) in [5.74, 6) is 1.29. The van der Waals surface area contributed by atoms with Gasteiger partial charge in [0.15, 0.2) is 0 Å². The zero-order chi connectivity index (χ0) is 19.8. The number of amides is 2. The third kappa shape index (κ3) is 6.52. The quantitative estimate of drug-likeness (QED) is 0.550. The van der Waals surface area contributed by atoms with Crippen LogP contribution in [0.5, 0.6) is 0 Å². The zero-order valence-electron chi connectivity index (χ0n) is 16.5. The lowest BCUT2D eigenvalue weighted by molar-refractivity contribution is -0.138. The van der Waals surface area contributed by atoms with Crippen LogP contribution in [0.2, 0.25) is 0 Å². The molecular weight excluding hydrogens is 360 g/mol. The Morgan fingerprint density at radius 2 is 1.96 bits per heavy atom. The van der Waals surface area contributed by atoms with E-state index in [4.69, 9.17) is 5.73 Å². The second kappa shape index (κ2) is 10.7. The standard InChI is InChI=1S/C20H32N4O2S/c1-14(2)18(23-19(25)15(3)21)20(26)24-13-27-12-17(24)11-22-10-9-16-7-5-4-6-8-16/h4-8,14-15,17-18,22H,9-13,21H2,1-3H3,(H,23,25)/t15-,17+,18-/m0/s1. The van der Waals surface area contributed by atoms with Gasteiger partial charge in [0.1, 0.15) is 6.04 Å². The number of benzene rings is 1. The molecule has 0 unspecified atom stereocenters. The van der Waals surface area contributed by atoms with E-state index in [1.165, 1.54) is 5.56 Å². The van der Waals surface area contributed by atoms with E-state index in [1.54, 1.807) is 18.7 Å². The first-order chi connectivity index (χ1) is 12.9. The molecule has 1 aliphatic rings. The van der Waals surface area contributed by atoms with Crippen LogP contribution in [-0.2, 0) is 16.0 Å². The molecule has 0 aliphatic carbocycles. The first-order valence-corrected chi connectivity index (χ1v) is 10.7. The lowest BCUT2D eigenvalue weighted by atomic mass is 10.0. The average Bonchev–Trinajstić information content (AvgIpc) is 3.11. The summed E-state index contributed by atoms with van der Waals surface area (Å²) in [4.78, 5) is 26.9. The molecule has 0 spiro atoms. The molecule has 1 fully saturated rings. The van der Waals surface area contributed by atoms with Gasteiger partial charge in [-0.25, -0.2) is 0 Å². The molecule has 1 aliphatic heterocycles. The van der Waals surface area contributed by atoms with Gasteiger partial charge in [0.2, 0.25) is 11.8 Å². The number of nitrogens with one attached hydrogen (secondary N) is 2. The predicted molar refractivity (Wildman–Crippen MR) is 111 cm³/mol. The van der Waals surface area contributed by atoms with Crippen LogP contribution in [0.1, 0.15) is 26.3 Å². The zero-order valence-corrected chi connectivity index (χ0v) is 17.3. The first kappa shape index (κ1) is 21.7. The van der Waals surface area contributed by atoms with Gasteiger partial charge < -0.3 is 21.3 Å². The van der Waals surface area contributed by atoms with Gasteiger partial charge in [-0.05, 0) is 31.4 Å². The second-order valence-electron chi connectivity index (χ2n) is 7.42. The topological polar surface area (TPSA) is 87.5 Å². The minimum Gasteiger partial charge on any atom is -0.343 e. The summed E-state index contributed by atoms with van der Waals surface area (Å²) in [6.07, 6.45) is 0.966. The number of thioether (sulfide) groups is 1. The van der Waals surface area contributed by atoms with Crippen molar-refractivity contribution in [3.63, 3.8) is 0 Å². The lowest BCUT2D eigenvalue weighted by Gasteiger charge is -2.31.